The lowest BCUT2D eigenvalue weighted by atomic mass is 10.1. The lowest BCUT2D eigenvalue weighted by Crippen LogP contribution is -2.13. The number of halogens is 1. The highest BCUT2D eigenvalue weighted by atomic mass is 19.1. The smallest absolute Gasteiger partial charge is 0.344 e. The molecule has 0 amide bonds. The van der Waals surface area contributed by atoms with Crippen molar-refractivity contribution in [3.05, 3.63) is 47.0 Å². The Morgan fingerprint density at radius 2 is 1.62 bits per heavy atom. The summed E-state index contributed by atoms with van der Waals surface area (Å²) in [7, 11) is 0. The molecule has 0 unspecified atom stereocenters. The van der Waals surface area contributed by atoms with E-state index in [-0.39, 0.29) is 36.0 Å². The van der Waals surface area contributed by atoms with Gasteiger partial charge in [-0.3, -0.25) is 0 Å². The Kier molecular flexibility index (Phi) is 6.41. The van der Waals surface area contributed by atoms with Crippen LogP contribution in [0, 0.1) is 12.7 Å². The van der Waals surface area contributed by atoms with Gasteiger partial charge in [0, 0.05) is 0 Å². The van der Waals surface area contributed by atoms with Crippen molar-refractivity contribution in [2.75, 3.05) is 13.2 Å². The van der Waals surface area contributed by atoms with Gasteiger partial charge in [0.25, 0.3) is 0 Å². The fourth-order valence-corrected chi connectivity index (χ4v) is 2.09. The topological polar surface area (TPSA) is 90.5 Å². The van der Waals surface area contributed by atoms with E-state index in [1.807, 2.05) is 0 Å². The number of ether oxygens (including phenoxy) is 2. The summed E-state index contributed by atoms with van der Waals surface area (Å²) in [4.78, 5) is 32.1. The molecule has 0 saturated heterocycles. The largest absolute Gasteiger partial charge is 0.462 e. The van der Waals surface area contributed by atoms with Gasteiger partial charge in [0.05, 0.1) is 18.9 Å². The molecule has 1 aromatic heterocycles. The van der Waals surface area contributed by atoms with Crippen molar-refractivity contribution in [1.29, 1.82) is 0 Å². The zero-order chi connectivity index (χ0) is 19.1. The molecular formula is C18H17FN2O5. The van der Waals surface area contributed by atoms with Gasteiger partial charge in [0.15, 0.2) is 0 Å². The zero-order valence-corrected chi connectivity index (χ0v) is 14.5. The number of aliphatic imine (C=N–C) groups is 2. The molecule has 0 bridgehead atoms. The van der Waals surface area contributed by atoms with Crippen molar-refractivity contribution in [1.82, 2.24) is 0 Å². The first kappa shape index (κ1) is 19.1. The van der Waals surface area contributed by atoms with Crippen LogP contribution in [0.2, 0.25) is 0 Å². The van der Waals surface area contributed by atoms with Crippen LogP contribution in [0.15, 0.2) is 38.7 Å². The molecule has 0 fully saturated rings. The first-order valence-corrected chi connectivity index (χ1v) is 7.87. The number of hydrogen-bond acceptors (Lipinski definition) is 7. The van der Waals surface area contributed by atoms with Gasteiger partial charge in [0.1, 0.15) is 28.7 Å². The van der Waals surface area contributed by atoms with Gasteiger partial charge in [-0.15, -0.1) is 4.99 Å². The summed E-state index contributed by atoms with van der Waals surface area (Å²) >= 11 is 0. The molecule has 1 heterocycles. The Labute approximate surface area is 149 Å². The van der Waals surface area contributed by atoms with Crippen LogP contribution in [0.1, 0.15) is 40.3 Å². The molecule has 0 atom stereocenters. The summed E-state index contributed by atoms with van der Waals surface area (Å²) < 4.78 is 28.2. The third-order valence-corrected chi connectivity index (χ3v) is 3.18. The summed E-state index contributed by atoms with van der Waals surface area (Å²) in [6.07, 6.45) is 0. The van der Waals surface area contributed by atoms with Gasteiger partial charge in [-0.25, -0.2) is 14.0 Å². The van der Waals surface area contributed by atoms with Crippen molar-refractivity contribution < 1.29 is 27.9 Å². The minimum absolute atomic E-state index is 0.0485. The van der Waals surface area contributed by atoms with Crippen LogP contribution in [0.4, 0.5) is 16.0 Å². The fourth-order valence-electron chi connectivity index (χ4n) is 2.09. The maximum Gasteiger partial charge on any atom is 0.344 e. The van der Waals surface area contributed by atoms with Crippen LogP contribution in [-0.2, 0) is 9.47 Å². The van der Waals surface area contributed by atoms with Crippen LogP contribution in [0.25, 0.3) is 0 Å². The second-order valence-corrected chi connectivity index (χ2v) is 4.95. The molecule has 0 N–H and O–H groups in total. The summed E-state index contributed by atoms with van der Waals surface area (Å²) in [5.74, 6) is -1.89. The van der Waals surface area contributed by atoms with E-state index in [1.165, 1.54) is 31.2 Å². The minimum Gasteiger partial charge on any atom is -0.462 e. The fraction of sp³-hybridized carbons (Fsp3) is 0.278. The van der Waals surface area contributed by atoms with Gasteiger partial charge in [-0.05, 0) is 45.0 Å². The quantitative estimate of drug-likeness (QED) is 0.568. The first-order valence-electron chi connectivity index (χ1n) is 7.87. The average molecular weight is 360 g/mol. The molecule has 0 aliphatic carbocycles. The van der Waals surface area contributed by atoms with E-state index in [4.69, 9.17) is 13.9 Å². The van der Waals surface area contributed by atoms with Crippen molar-refractivity contribution >= 4 is 29.5 Å². The van der Waals surface area contributed by atoms with Gasteiger partial charge in [-0.2, -0.15) is 4.99 Å². The van der Waals surface area contributed by atoms with Gasteiger partial charge in [0.2, 0.25) is 5.88 Å². The molecule has 7 nitrogen and oxygen atoms in total. The van der Waals surface area contributed by atoms with Crippen LogP contribution in [0.5, 0.6) is 0 Å². The molecule has 2 rings (SSSR count). The highest BCUT2D eigenvalue weighted by Gasteiger charge is 2.30. The Balaban J connectivity index is 2.45. The van der Waals surface area contributed by atoms with E-state index in [9.17, 15) is 14.0 Å². The van der Waals surface area contributed by atoms with E-state index >= 15 is 0 Å². The number of benzene rings is 1. The average Bonchev–Trinajstić information content (AvgIpc) is 2.93. The summed E-state index contributed by atoms with van der Waals surface area (Å²) in [6, 6.07) is 7.70. The Hall–Kier alpha value is -3.25. The Morgan fingerprint density at radius 3 is 2.19 bits per heavy atom. The number of nitrogens with zero attached hydrogens (tertiary/aromatic N) is 2. The van der Waals surface area contributed by atoms with Crippen LogP contribution >= 0.6 is 0 Å². The second-order valence-electron chi connectivity index (χ2n) is 4.95. The molecule has 0 aliphatic heterocycles. The third-order valence-electron chi connectivity index (χ3n) is 3.18. The number of aryl methyl sites for hydroxylation is 1. The second kappa shape index (κ2) is 8.73. The number of hydrogen-bond donors (Lipinski definition) is 0. The number of carbonyl (C=O) groups is 2. The molecule has 26 heavy (non-hydrogen) atoms. The van der Waals surface area contributed by atoms with E-state index in [1.54, 1.807) is 13.8 Å². The number of rotatable bonds is 6. The SMILES string of the molecule is CCOC(=O)c1c(C)oc(N=C=Nc2ccc(F)cc2)c1C(=O)OCC. The van der Waals surface area contributed by atoms with Crippen LogP contribution in [0.3, 0.4) is 0 Å². The minimum atomic E-state index is -0.769. The molecule has 0 spiro atoms. The molecule has 0 aliphatic rings. The van der Waals surface area contributed by atoms with E-state index in [0.717, 1.165) is 0 Å². The molecule has 1 aromatic carbocycles. The lowest BCUT2D eigenvalue weighted by Gasteiger charge is -2.03. The Bertz CT molecular complexity index is 864. The molecule has 0 radical (unpaired) electrons. The molecule has 2 aromatic rings. The van der Waals surface area contributed by atoms with Gasteiger partial charge in [-0.1, -0.05) is 0 Å². The highest BCUT2D eigenvalue weighted by Crippen LogP contribution is 2.30. The van der Waals surface area contributed by atoms with Gasteiger partial charge >= 0.3 is 11.9 Å². The molecule has 0 saturated carbocycles. The molecule has 8 heteroatoms. The van der Waals surface area contributed by atoms with Gasteiger partial charge < -0.3 is 13.9 Å². The highest BCUT2D eigenvalue weighted by molar-refractivity contribution is 6.07. The van der Waals surface area contributed by atoms with Crippen molar-refractivity contribution in [3.63, 3.8) is 0 Å². The van der Waals surface area contributed by atoms with E-state index in [0.29, 0.717) is 5.69 Å². The predicted molar refractivity (Wildman–Crippen MR) is 90.9 cm³/mol. The number of esters is 2. The normalized spacial score (nSPS) is 10.0. The standard InChI is InChI=1S/C18H17FN2O5/c1-4-24-17(22)14-11(3)26-16(15(14)18(23)25-5-2)21-10-20-13-8-6-12(19)7-9-13/h6-9H,4-5H2,1-3H3. The van der Waals surface area contributed by atoms with Crippen molar-refractivity contribution in [3.8, 4) is 0 Å². The lowest BCUT2D eigenvalue weighted by molar-refractivity contribution is 0.0480. The molecule has 136 valence electrons. The number of carbonyl (C=O) groups excluding carboxylic acids is 2. The van der Waals surface area contributed by atoms with Crippen molar-refractivity contribution in [2.45, 2.75) is 20.8 Å². The van der Waals surface area contributed by atoms with E-state index in [2.05, 4.69) is 16.0 Å². The third kappa shape index (κ3) is 4.43. The van der Waals surface area contributed by atoms with Crippen LogP contribution in [-0.4, -0.2) is 31.2 Å². The van der Waals surface area contributed by atoms with Crippen LogP contribution < -0.4 is 0 Å². The zero-order valence-electron chi connectivity index (χ0n) is 14.5. The Morgan fingerprint density at radius 1 is 1.04 bits per heavy atom. The maximum atomic E-state index is 12.9. The molecular weight excluding hydrogens is 343 g/mol. The number of furan rings is 1. The summed E-state index contributed by atoms with van der Waals surface area (Å²) in [6.45, 7) is 5.03. The monoisotopic (exact) mass is 360 g/mol. The first-order chi connectivity index (χ1) is 12.5. The summed E-state index contributed by atoms with van der Waals surface area (Å²) in [5, 5.41) is 0. The summed E-state index contributed by atoms with van der Waals surface area (Å²) in [5.41, 5.74) is 0.207. The van der Waals surface area contributed by atoms with E-state index < -0.39 is 17.8 Å². The predicted octanol–water partition coefficient (Wildman–Crippen LogP) is 4.22. The van der Waals surface area contributed by atoms with Crippen molar-refractivity contribution in [2.24, 2.45) is 9.98 Å². The maximum absolute atomic E-state index is 12.9.